The number of ether oxygens (including phenoxy) is 1. The van der Waals surface area contributed by atoms with Crippen LogP contribution < -0.4 is 5.73 Å². The van der Waals surface area contributed by atoms with E-state index in [0.29, 0.717) is 6.10 Å². The highest BCUT2D eigenvalue weighted by molar-refractivity contribution is 7.99. The first-order valence-electron chi connectivity index (χ1n) is 5.30. The Hall–Kier alpha value is -0.740. The summed E-state index contributed by atoms with van der Waals surface area (Å²) in [6.45, 7) is 0.937. The summed E-state index contributed by atoms with van der Waals surface area (Å²) in [7, 11) is 0. The highest BCUT2D eigenvalue weighted by Gasteiger charge is 2.14. The molecule has 0 saturated carbocycles. The second-order valence-corrected chi connectivity index (χ2v) is 4.82. The molecule has 1 atom stereocenters. The van der Waals surface area contributed by atoms with Crippen molar-refractivity contribution in [2.45, 2.75) is 30.3 Å². The molecule has 0 amide bonds. The Balaban J connectivity index is 1.75. The van der Waals surface area contributed by atoms with Crippen molar-refractivity contribution in [3.05, 3.63) is 18.5 Å². The maximum absolute atomic E-state index is 5.80. The van der Waals surface area contributed by atoms with Gasteiger partial charge in [-0.1, -0.05) is 0 Å². The van der Waals surface area contributed by atoms with Gasteiger partial charge >= 0.3 is 0 Å². The van der Waals surface area contributed by atoms with Crippen LogP contribution in [0.15, 0.2) is 23.4 Å². The number of nitrogen functional groups attached to an aromatic ring is 1. The lowest BCUT2D eigenvalue weighted by Gasteiger charge is -2.09. The third kappa shape index (κ3) is 3.11. The topological polar surface area (TPSA) is 48.1 Å². The Bertz CT molecular complexity index is 313. The molecule has 15 heavy (non-hydrogen) atoms. The number of aromatic nitrogens is 1. The van der Waals surface area contributed by atoms with E-state index >= 15 is 0 Å². The third-order valence-electron chi connectivity index (χ3n) is 2.53. The fourth-order valence-corrected chi connectivity index (χ4v) is 2.67. The number of hydrogen-bond donors (Lipinski definition) is 1. The maximum Gasteiger partial charge on any atom is 0.0638 e. The van der Waals surface area contributed by atoms with Crippen LogP contribution in [-0.2, 0) is 4.74 Å². The molecule has 1 aromatic rings. The molecule has 0 aliphatic carbocycles. The summed E-state index contributed by atoms with van der Waals surface area (Å²) < 4.78 is 5.56. The lowest BCUT2D eigenvalue weighted by Crippen LogP contribution is -2.05. The van der Waals surface area contributed by atoms with Crippen LogP contribution in [0.25, 0.3) is 0 Å². The van der Waals surface area contributed by atoms with Crippen molar-refractivity contribution >= 4 is 17.4 Å². The van der Waals surface area contributed by atoms with Crippen molar-refractivity contribution in [1.82, 2.24) is 4.98 Å². The molecule has 0 aromatic carbocycles. The minimum Gasteiger partial charge on any atom is -0.397 e. The molecule has 0 spiro atoms. The van der Waals surface area contributed by atoms with Gasteiger partial charge < -0.3 is 10.5 Å². The average molecular weight is 224 g/mol. The molecular formula is C11H16N2OS. The number of anilines is 1. The molecule has 1 aliphatic heterocycles. The van der Waals surface area contributed by atoms with Crippen molar-refractivity contribution in [2.24, 2.45) is 0 Å². The molecule has 82 valence electrons. The van der Waals surface area contributed by atoms with E-state index in [1.165, 1.54) is 12.8 Å². The summed E-state index contributed by atoms with van der Waals surface area (Å²) in [4.78, 5) is 5.10. The van der Waals surface area contributed by atoms with Gasteiger partial charge in [-0.3, -0.25) is 4.98 Å². The molecule has 1 fully saturated rings. The quantitative estimate of drug-likeness (QED) is 0.797. The smallest absolute Gasteiger partial charge is 0.0638 e. The molecule has 0 bridgehead atoms. The number of nitrogens with two attached hydrogens (primary N) is 1. The Morgan fingerprint density at radius 2 is 2.53 bits per heavy atom. The van der Waals surface area contributed by atoms with Crippen LogP contribution in [-0.4, -0.2) is 23.4 Å². The number of rotatable bonds is 4. The van der Waals surface area contributed by atoms with Crippen molar-refractivity contribution in [3.63, 3.8) is 0 Å². The van der Waals surface area contributed by atoms with E-state index in [4.69, 9.17) is 10.5 Å². The normalized spacial score (nSPS) is 20.7. The zero-order valence-electron chi connectivity index (χ0n) is 8.69. The molecule has 0 radical (unpaired) electrons. The molecule has 2 heterocycles. The number of nitrogens with zero attached hydrogens (tertiary/aromatic N) is 1. The van der Waals surface area contributed by atoms with Crippen LogP contribution in [0, 0.1) is 0 Å². The summed E-state index contributed by atoms with van der Waals surface area (Å²) in [5.74, 6) is 1.07. The van der Waals surface area contributed by atoms with Gasteiger partial charge in [0, 0.05) is 23.5 Å². The highest BCUT2D eigenvalue weighted by Crippen LogP contribution is 2.26. The van der Waals surface area contributed by atoms with E-state index in [9.17, 15) is 0 Å². The summed E-state index contributed by atoms with van der Waals surface area (Å²) >= 11 is 1.79. The predicted molar refractivity (Wildman–Crippen MR) is 63.0 cm³/mol. The molecule has 1 saturated heterocycles. The summed E-state index contributed by atoms with van der Waals surface area (Å²) in [5.41, 5.74) is 6.57. The van der Waals surface area contributed by atoms with Crippen molar-refractivity contribution in [2.75, 3.05) is 18.1 Å². The average Bonchev–Trinajstić information content (AvgIpc) is 2.74. The molecule has 1 unspecified atom stereocenters. The molecule has 2 rings (SSSR count). The van der Waals surface area contributed by atoms with Crippen molar-refractivity contribution in [3.8, 4) is 0 Å². The van der Waals surface area contributed by atoms with E-state index < -0.39 is 0 Å². The van der Waals surface area contributed by atoms with Gasteiger partial charge in [0.1, 0.15) is 0 Å². The standard InChI is InChI=1S/C11H16N2OS/c12-10-8-13-5-3-11(10)15-7-4-9-2-1-6-14-9/h3,5,8-9H,1-2,4,6-7,12H2. The molecule has 2 N–H and O–H groups in total. The minimum atomic E-state index is 0.473. The van der Waals surface area contributed by atoms with E-state index in [2.05, 4.69) is 4.98 Å². The van der Waals surface area contributed by atoms with Crippen molar-refractivity contribution < 1.29 is 4.74 Å². The van der Waals surface area contributed by atoms with Crippen LogP contribution in [0.5, 0.6) is 0 Å². The van der Waals surface area contributed by atoms with E-state index in [1.54, 1.807) is 24.2 Å². The predicted octanol–water partition coefficient (Wildman–Crippen LogP) is 2.33. The van der Waals surface area contributed by atoms with Gasteiger partial charge in [0.25, 0.3) is 0 Å². The summed E-state index contributed by atoms with van der Waals surface area (Å²) in [6, 6.07) is 1.97. The Kier molecular flexibility index (Phi) is 3.86. The Morgan fingerprint density at radius 1 is 1.60 bits per heavy atom. The zero-order valence-corrected chi connectivity index (χ0v) is 9.50. The van der Waals surface area contributed by atoms with Gasteiger partial charge in [0.05, 0.1) is 18.0 Å². The number of hydrogen-bond acceptors (Lipinski definition) is 4. The van der Waals surface area contributed by atoms with Gasteiger partial charge in [0.15, 0.2) is 0 Å². The summed E-state index contributed by atoms with van der Waals surface area (Å²) in [5, 5.41) is 0. The lowest BCUT2D eigenvalue weighted by atomic mass is 10.2. The molecule has 3 nitrogen and oxygen atoms in total. The van der Waals surface area contributed by atoms with Crippen LogP contribution in [0.4, 0.5) is 5.69 Å². The number of thioether (sulfide) groups is 1. The second-order valence-electron chi connectivity index (χ2n) is 3.69. The lowest BCUT2D eigenvalue weighted by molar-refractivity contribution is 0.109. The molecule has 4 heteroatoms. The van der Waals surface area contributed by atoms with Gasteiger partial charge in [-0.05, 0) is 25.3 Å². The zero-order chi connectivity index (χ0) is 10.5. The SMILES string of the molecule is Nc1cnccc1SCCC1CCCO1. The van der Waals surface area contributed by atoms with E-state index in [0.717, 1.165) is 29.4 Å². The van der Waals surface area contributed by atoms with Crippen LogP contribution in [0.2, 0.25) is 0 Å². The van der Waals surface area contributed by atoms with Crippen LogP contribution in [0.1, 0.15) is 19.3 Å². The van der Waals surface area contributed by atoms with Crippen molar-refractivity contribution in [1.29, 1.82) is 0 Å². The third-order valence-corrected chi connectivity index (χ3v) is 3.65. The molecule has 1 aromatic heterocycles. The Labute approximate surface area is 94.4 Å². The van der Waals surface area contributed by atoms with E-state index in [-0.39, 0.29) is 0 Å². The van der Waals surface area contributed by atoms with Gasteiger partial charge in [-0.25, -0.2) is 0 Å². The maximum atomic E-state index is 5.80. The highest BCUT2D eigenvalue weighted by atomic mass is 32.2. The molecular weight excluding hydrogens is 208 g/mol. The minimum absolute atomic E-state index is 0.473. The first-order valence-corrected chi connectivity index (χ1v) is 6.29. The summed E-state index contributed by atoms with van der Waals surface area (Å²) in [6.07, 6.45) is 7.51. The molecule has 1 aliphatic rings. The first-order chi connectivity index (χ1) is 7.36. The number of pyridine rings is 1. The largest absolute Gasteiger partial charge is 0.397 e. The van der Waals surface area contributed by atoms with Gasteiger partial charge in [0.2, 0.25) is 0 Å². The fourth-order valence-electron chi connectivity index (χ4n) is 1.70. The first kappa shape index (κ1) is 10.8. The Morgan fingerprint density at radius 3 is 3.27 bits per heavy atom. The second kappa shape index (κ2) is 5.37. The van der Waals surface area contributed by atoms with Gasteiger partial charge in [-0.15, -0.1) is 11.8 Å². The fraction of sp³-hybridized carbons (Fsp3) is 0.545. The van der Waals surface area contributed by atoms with Crippen LogP contribution >= 0.6 is 11.8 Å². The van der Waals surface area contributed by atoms with E-state index in [1.807, 2.05) is 6.07 Å². The van der Waals surface area contributed by atoms with Crippen LogP contribution in [0.3, 0.4) is 0 Å². The van der Waals surface area contributed by atoms with Gasteiger partial charge in [-0.2, -0.15) is 0 Å². The monoisotopic (exact) mass is 224 g/mol.